The summed E-state index contributed by atoms with van der Waals surface area (Å²) in [6, 6.07) is 14.4. The van der Waals surface area contributed by atoms with Crippen molar-refractivity contribution >= 4 is 29.1 Å². The second kappa shape index (κ2) is 7.67. The minimum absolute atomic E-state index is 0.115. The van der Waals surface area contributed by atoms with Gasteiger partial charge in [-0.2, -0.15) is 0 Å². The third kappa shape index (κ3) is 4.03. The predicted molar refractivity (Wildman–Crippen MR) is 104 cm³/mol. The van der Waals surface area contributed by atoms with Crippen LogP contribution in [0.25, 0.3) is 11.5 Å². The monoisotopic (exact) mass is 383 g/mol. The molecule has 0 saturated carbocycles. The Morgan fingerprint density at radius 2 is 1.78 bits per heavy atom. The fourth-order valence-corrected chi connectivity index (χ4v) is 3.05. The molecular formula is C19H18ClN5O2. The molecule has 4 rings (SSSR count). The van der Waals surface area contributed by atoms with Crippen molar-refractivity contribution in [2.24, 2.45) is 0 Å². The number of urea groups is 1. The zero-order valence-electron chi connectivity index (χ0n) is 14.5. The van der Waals surface area contributed by atoms with Gasteiger partial charge in [-0.05, 0) is 48.5 Å². The highest BCUT2D eigenvalue weighted by Gasteiger charge is 2.22. The number of aromatic nitrogens is 2. The van der Waals surface area contributed by atoms with Crippen molar-refractivity contribution in [3.63, 3.8) is 0 Å². The summed E-state index contributed by atoms with van der Waals surface area (Å²) in [5.74, 6) is 1.49. The van der Waals surface area contributed by atoms with Crippen molar-refractivity contribution in [3.8, 4) is 11.5 Å². The molecule has 1 fully saturated rings. The number of carbonyl (C=O) groups excluding carboxylic acids is 1. The highest BCUT2D eigenvalue weighted by Crippen LogP contribution is 2.20. The van der Waals surface area contributed by atoms with Crippen LogP contribution in [0.15, 0.2) is 59.2 Å². The van der Waals surface area contributed by atoms with Gasteiger partial charge >= 0.3 is 6.03 Å². The van der Waals surface area contributed by atoms with E-state index in [-0.39, 0.29) is 6.03 Å². The number of halogens is 1. The molecule has 1 saturated heterocycles. The van der Waals surface area contributed by atoms with Gasteiger partial charge in [0.05, 0.1) is 6.26 Å². The van der Waals surface area contributed by atoms with E-state index in [2.05, 4.69) is 20.4 Å². The molecule has 27 heavy (non-hydrogen) atoms. The molecule has 138 valence electrons. The molecule has 0 radical (unpaired) electrons. The lowest BCUT2D eigenvalue weighted by Gasteiger charge is -2.35. The van der Waals surface area contributed by atoms with Crippen LogP contribution in [-0.4, -0.2) is 47.3 Å². The quantitative estimate of drug-likeness (QED) is 0.745. The van der Waals surface area contributed by atoms with Crippen LogP contribution in [0.3, 0.4) is 0 Å². The highest BCUT2D eigenvalue weighted by molar-refractivity contribution is 6.30. The maximum Gasteiger partial charge on any atom is 0.321 e. The van der Waals surface area contributed by atoms with Gasteiger partial charge in [0.2, 0.25) is 0 Å². The van der Waals surface area contributed by atoms with E-state index in [0.717, 1.165) is 11.5 Å². The lowest BCUT2D eigenvalue weighted by atomic mass is 10.3. The average Bonchev–Trinajstić information content (AvgIpc) is 3.25. The summed E-state index contributed by atoms with van der Waals surface area (Å²) in [5.41, 5.74) is 1.43. The van der Waals surface area contributed by atoms with E-state index in [4.69, 9.17) is 16.0 Å². The van der Waals surface area contributed by atoms with E-state index in [9.17, 15) is 4.79 Å². The van der Waals surface area contributed by atoms with Gasteiger partial charge in [0.1, 0.15) is 5.69 Å². The van der Waals surface area contributed by atoms with E-state index >= 15 is 0 Å². The van der Waals surface area contributed by atoms with Crippen LogP contribution in [0, 0.1) is 0 Å². The van der Waals surface area contributed by atoms with Gasteiger partial charge in [0.15, 0.2) is 11.6 Å². The number of anilines is 2. The second-order valence-corrected chi connectivity index (χ2v) is 6.60. The molecule has 3 heterocycles. The lowest BCUT2D eigenvalue weighted by molar-refractivity contribution is 0.208. The molecule has 0 atom stereocenters. The van der Waals surface area contributed by atoms with Crippen LogP contribution < -0.4 is 10.2 Å². The van der Waals surface area contributed by atoms with Gasteiger partial charge in [0.25, 0.3) is 0 Å². The van der Waals surface area contributed by atoms with E-state index in [1.165, 1.54) is 0 Å². The van der Waals surface area contributed by atoms with Crippen LogP contribution in [-0.2, 0) is 0 Å². The van der Waals surface area contributed by atoms with Gasteiger partial charge in [0, 0.05) is 36.9 Å². The Hall–Kier alpha value is -3.06. The number of piperazine rings is 1. The Morgan fingerprint density at radius 1 is 1.00 bits per heavy atom. The van der Waals surface area contributed by atoms with Crippen molar-refractivity contribution in [1.29, 1.82) is 0 Å². The Bertz CT molecular complexity index is 889. The molecule has 1 aromatic carbocycles. The van der Waals surface area contributed by atoms with Crippen molar-refractivity contribution in [1.82, 2.24) is 15.1 Å². The Kier molecular flexibility index (Phi) is 4.93. The van der Waals surface area contributed by atoms with Gasteiger partial charge in [-0.15, -0.1) is 10.2 Å². The van der Waals surface area contributed by atoms with E-state index in [1.807, 2.05) is 24.3 Å². The predicted octanol–water partition coefficient (Wildman–Crippen LogP) is 3.74. The number of nitrogens with zero attached hydrogens (tertiary/aromatic N) is 4. The molecular weight excluding hydrogens is 366 g/mol. The van der Waals surface area contributed by atoms with Crippen LogP contribution in [0.2, 0.25) is 5.02 Å². The van der Waals surface area contributed by atoms with Gasteiger partial charge in [-0.1, -0.05) is 11.6 Å². The highest BCUT2D eigenvalue weighted by atomic mass is 35.5. The number of hydrogen-bond donors (Lipinski definition) is 1. The first-order valence-electron chi connectivity index (χ1n) is 8.63. The molecule has 0 spiro atoms. The standard InChI is InChI=1S/C19H18ClN5O2/c20-14-3-5-15(6-4-14)21-19(26)25-11-9-24(10-12-25)18-8-7-16(22-23-18)17-2-1-13-27-17/h1-8,13H,9-12H2,(H,21,26). The maximum atomic E-state index is 12.4. The van der Waals surface area contributed by atoms with E-state index in [0.29, 0.717) is 42.7 Å². The summed E-state index contributed by atoms with van der Waals surface area (Å²) in [5, 5.41) is 12.0. The zero-order valence-corrected chi connectivity index (χ0v) is 15.3. The summed E-state index contributed by atoms with van der Waals surface area (Å²) >= 11 is 5.86. The number of nitrogens with one attached hydrogen (secondary N) is 1. The van der Waals surface area contributed by atoms with Gasteiger partial charge in [-0.25, -0.2) is 4.79 Å². The molecule has 0 aliphatic carbocycles. The minimum atomic E-state index is -0.115. The number of benzene rings is 1. The van der Waals surface area contributed by atoms with Crippen molar-refractivity contribution in [2.75, 3.05) is 36.4 Å². The lowest BCUT2D eigenvalue weighted by Crippen LogP contribution is -2.50. The summed E-state index contributed by atoms with van der Waals surface area (Å²) < 4.78 is 5.33. The van der Waals surface area contributed by atoms with Crippen LogP contribution in [0.4, 0.5) is 16.3 Å². The largest absolute Gasteiger partial charge is 0.463 e. The fourth-order valence-electron chi connectivity index (χ4n) is 2.92. The summed E-state index contributed by atoms with van der Waals surface area (Å²) in [6.45, 7) is 2.62. The summed E-state index contributed by atoms with van der Waals surface area (Å²) in [4.78, 5) is 16.3. The molecule has 1 N–H and O–H groups in total. The minimum Gasteiger partial charge on any atom is -0.463 e. The average molecular weight is 384 g/mol. The molecule has 8 heteroatoms. The van der Waals surface area contributed by atoms with Crippen LogP contribution in [0.5, 0.6) is 0 Å². The number of furan rings is 1. The third-order valence-corrected chi connectivity index (χ3v) is 4.66. The normalized spacial score (nSPS) is 14.3. The Balaban J connectivity index is 1.33. The van der Waals surface area contributed by atoms with Crippen molar-refractivity contribution in [2.45, 2.75) is 0 Å². The number of amides is 2. The van der Waals surface area contributed by atoms with Gasteiger partial charge < -0.3 is 19.5 Å². The first-order chi connectivity index (χ1) is 13.2. The van der Waals surface area contributed by atoms with Crippen LogP contribution >= 0.6 is 11.6 Å². The van der Waals surface area contributed by atoms with Gasteiger partial charge in [-0.3, -0.25) is 0 Å². The first-order valence-corrected chi connectivity index (χ1v) is 9.01. The molecule has 7 nitrogen and oxygen atoms in total. The Morgan fingerprint density at radius 3 is 2.41 bits per heavy atom. The second-order valence-electron chi connectivity index (χ2n) is 6.17. The topological polar surface area (TPSA) is 74.5 Å². The molecule has 2 amide bonds. The summed E-state index contributed by atoms with van der Waals surface area (Å²) in [7, 11) is 0. The zero-order chi connectivity index (χ0) is 18.6. The molecule has 1 aliphatic rings. The SMILES string of the molecule is O=C(Nc1ccc(Cl)cc1)N1CCN(c2ccc(-c3ccco3)nn2)CC1. The maximum absolute atomic E-state index is 12.4. The summed E-state index contributed by atoms with van der Waals surface area (Å²) in [6.07, 6.45) is 1.61. The number of carbonyl (C=O) groups is 1. The van der Waals surface area contributed by atoms with Crippen LogP contribution in [0.1, 0.15) is 0 Å². The number of rotatable bonds is 3. The van der Waals surface area contributed by atoms with E-state index < -0.39 is 0 Å². The van der Waals surface area contributed by atoms with E-state index in [1.54, 1.807) is 35.4 Å². The Labute approximate surface area is 161 Å². The molecule has 3 aromatic rings. The molecule has 2 aromatic heterocycles. The van der Waals surface area contributed by atoms with Crippen molar-refractivity contribution < 1.29 is 9.21 Å². The molecule has 0 bridgehead atoms. The fraction of sp³-hybridized carbons (Fsp3) is 0.211. The third-order valence-electron chi connectivity index (χ3n) is 4.41. The molecule has 1 aliphatic heterocycles. The molecule has 0 unspecified atom stereocenters. The van der Waals surface area contributed by atoms with Crippen molar-refractivity contribution in [3.05, 3.63) is 59.8 Å². The number of hydrogen-bond acceptors (Lipinski definition) is 5. The smallest absolute Gasteiger partial charge is 0.321 e. The first kappa shape index (κ1) is 17.4.